The number of carbonyl (C=O) groups excluding carboxylic acids is 1. The van der Waals surface area contributed by atoms with Gasteiger partial charge in [0.1, 0.15) is 5.82 Å². The molecule has 0 radical (unpaired) electrons. The Labute approximate surface area is 149 Å². The van der Waals surface area contributed by atoms with Gasteiger partial charge in [-0.25, -0.2) is 4.39 Å². The highest BCUT2D eigenvalue weighted by molar-refractivity contribution is 6.03. The molecule has 0 aliphatic carbocycles. The van der Waals surface area contributed by atoms with E-state index in [9.17, 15) is 9.18 Å². The summed E-state index contributed by atoms with van der Waals surface area (Å²) in [6.07, 6.45) is 0. The van der Waals surface area contributed by atoms with Crippen molar-refractivity contribution in [1.29, 1.82) is 0 Å². The molecule has 0 fully saturated rings. The van der Waals surface area contributed by atoms with E-state index in [0.29, 0.717) is 22.7 Å². The van der Waals surface area contributed by atoms with Crippen LogP contribution in [0.5, 0.6) is 11.5 Å². The van der Waals surface area contributed by atoms with Gasteiger partial charge in [0.2, 0.25) is 6.79 Å². The lowest BCUT2D eigenvalue weighted by molar-refractivity contribution is 0.102. The number of nitrogens with one attached hydrogen (secondary N) is 1. The maximum absolute atomic E-state index is 13.5. The number of hydrogen-bond acceptors (Lipinski definition) is 4. The zero-order valence-electron chi connectivity index (χ0n) is 14.2. The minimum absolute atomic E-state index is 0.174. The second-order valence-electron chi connectivity index (χ2n) is 6.02. The molecule has 1 aliphatic heterocycles. The summed E-state index contributed by atoms with van der Waals surface area (Å²) in [4.78, 5) is 12.5. The number of benzene rings is 2. The number of halogens is 1. The van der Waals surface area contributed by atoms with Crippen LogP contribution in [0.1, 0.15) is 16.1 Å². The van der Waals surface area contributed by atoms with Crippen molar-refractivity contribution in [1.82, 2.24) is 9.78 Å². The molecule has 1 N–H and O–H groups in total. The first-order chi connectivity index (χ1) is 12.5. The topological polar surface area (TPSA) is 65.4 Å². The highest BCUT2D eigenvalue weighted by Crippen LogP contribution is 2.34. The standard InChI is InChI=1S/C19H16FN3O3/c1-11-7-12(3-5-14(11)20)16-9-15(22-23(16)2)19(24)21-13-4-6-17-18(8-13)26-10-25-17/h3-9H,10H2,1-2H3,(H,21,24). The lowest BCUT2D eigenvalue weighted by atomic mass is 10.1. The number of nitrogens with zero attached hydrogens (tertiary/aromatic N) is 2. The lowest BCUT2D eigenvalue weighted by Gasteiger charge is -2.04. The monoisotopic (exact) mass is 353 g/mol. The molecule has 0 unspecified atom stereocenters. The second-order valence-corrected chi connectivity index (χ2v) is 6.02. The Morgan fingerprint density at radius 3 is 2.77 bits per heavy atom. The third kappa shape index (κ3) is 2.88. The van der Waals surface area contributed by atoms with Crippen molar-refractivity contribution in [3.05, 3.63) is 59.5 Å². The number of hydrogen-bond donors (Lipinski definition) is 1. The van der Waals surface area contributed by atoms with Crippen LogP contribution in [-0.2, 0) is 7.05 Å². The van der Waals surface area contributed by atoms with Gasteiger partial charge in [-0.15, -0.1) is 0 Å². The molecule has 0 saturated heterocycles. The van der Waals surface area contributed by atoms with Crippen LogP contribution in [0.4, 0.5) is 10.1 Å². The Hall–Kier alpha value is -3.35. The average molecular weight is 353 g/mol. The number of fused-ring (bicyclic) bond motifs is 1. The second kappa shape index (κ2) is 6.18. The van der Waals surface area contributed by atoms with Gasteiger partial charge in [0.05, 0.1) is 5.69 Å². The van der Waals surface area contributed by atoms with Crippen molar-refractivity contribution in [3.8, 4) is 22.8 Å². The summed E-state index contributed by atoms with van der Waals surface area (Å²) in [6, 6.07) is 11.7. The number of aryl methyl sites for hydroxylation is 2. The van der Waals surface area contributed by atoms with Crippen molar-refractivity contribution in [2.75, 3.05) is 12.1 Å². The average Bonchev–Trinajstić information content (AvgIpc) is 3.23. The van der Waals surface area contributed by atoms with Crippen molar-refractivity contribution in [2.45, 2.75) is 6.92 Å². The molecule has 0 bridgehead atoms. The Bertz CT molecular complexity index is 1010. The quantitative estimate of drug-likeness (QED) is 0.782. The predicted octanol–water partition coefficient (Wildman–Crippen LogP) is 3.52. The van der Waals surface area contributed by atoms with Gasteiger partial charge in [-0.05, 0) is 48.9 Å². The van der Waals surface area contributed by atoms with E-state index in [2.05, 4.69) is 10.4 Å². The normalized spacial score (nSPS) is 12.3. The van der Waals surface area contributed by atoms with E-state index in [1.165, 1.54) is 6.07 Å². The van der Waals surface area contributed by atoms with Gasteiger partial charge in [0, 0.05) is 24.4 Å². The van der Waals surface area contributed by atoms with E-state index >= 15 is 0 Å². The first-order valence-electron chi connectivity index (χ1n) is 8.03. The number of carbonyl (C=O) groups is 1. The Kier molecular flexibility index (Phi) is 3.84. The van der Waals surface area contributed by atoms with Crippen LogP contribution in [0.2, 0.25) is 0 Å². The van der Waals surface area contributed by atoms with Crippen molar-refractivity contribution in [2.24, 2.45) is 7.05 Å². The maximum Gasteiger partial charge on any atom is 0.276 e. The van der Waals surface area contributed by atoms with Gasteiger partial charge in [0.15, 0.2) is 17.2 Å². The minimum atomic E-state index is -0.343. The largest absolute Gasteiger partial charge is 0.454 e. The zero-order valence-corrected chi connectivity index (χ0v) is 14.2. The molecule has 26 heavy (non-hydrogen) atoms. The maximum atomic E-state index is 13.5. The van der Waals surface area contributed by atoms with Crippen molar-refractivity contribution >= 4 is 11.6 Å². The molecule has 3 aromatic rings. The van der Waals surface area contributed by atoms with E-state index in [0.717, 1.165) is 11.3 Å². The summed E-state index contributed by atoms with van der Waals surface area (Å²) >= 11 is 0. The molecule has 4 rings (SSSR count). The van der Waals surface area contributed by atoms with E-state index in [-0.39, 0.29) is 24.2 Å². The minimum Gasteiger partial charge on any atom is -0.454 e. The van der Waals surface area contributed by atoms with Crippen LogP contribution in [0, 0.1) is 12.7 Å². The van der Waals surface area contributed by atoms with Crippen LogP contribution in [0.25, 0.3) is 11.3 Å². The fourth-order valence-corrected chi connectivity index (χ4v) is 2.82. The van der Waals surface area contributed by atoms with E-state index in [4.69, 9.17) is 9.47 Å². The molecule has 2 heterocycles. The fourth-order valence-electron chi connectivity index (χ4n) is 2.82. The molecule has 0 atom stereocenters. The van der Waals surface area contributed by atoms with Crippen LogP contribution in [0.15, 0.2) is 42.5 Å². The number of amides is 1. The van der Waals surface area contributed by atoms with Gasteiger partial charge < -0.3 is 14.8 Å². The molecule has 132 valence electrons. The van der Waals surface area contributed by atoms with Crippen LogP contribution >= 0.6 is 0 Å². The Morgan fingerprint density at radius 1 is 1.15 bits per heavy atom. The van der Waals surface area contributed by atoms with Gasteiger partial charge in [-0.2, -0.15) is 5.10 Å². The molecular weight excluding hydrogens is 337 g/mol. The summed E-state index contributed by atoms with van der Waals surface area (Å²) in [5, 5.41) is 7.05. The van der Waals surface area contributed by atoms with E-state index in [1.54, 1.807) is 55.1 Å². The summed E-state index contributed by atoms with van der Waals surface area (Å²) in [5.74, 6) is 0.627. The molecule has 1 aromatic heterocycles. The fraction of sp³-hybridized carbons (Fsp3) is 0.158. The summed E-state index contributed by atoms with van der Waals surface area (Å²) in [5.41, 5.74) is 2.91. The van der Waals surface area contributed by atoms with Gasteiger partial charge in [-0.1, -0.05) is 0 Å². The molecule has 7 heteroatoms. The van der Waals surface area contributed by atoms with Gasteiger partial charge in [-0.3, -0.25) is 9.48 Å². The van der Waals surface area contributed by atoms with E-state index < -0.39 is 0 Å². The van der Waals surface area contributed by atoms with Gasteiger partial charge in [0.25, 0.3) is 5.91 Å². The Balaban J connectivity index is 1.58. The van der Waals surface area contributed by atoms with Gasteiger partial charge >= 0.3 is 0 Å². The molecule has 0 saturated carbocycles. The predicted molar refractivity (Wildman–Crippen MR) is 93.9 cm³/mol. The first-order valence-corrected chi connectivity index (χ1v) is 8.03. The third-order valence-corrected chi connectivity index (χ3v) is 4.20. The Morgan fingerprint density at radius 2 is 1.96 bits per heavy atom. The smallest absolute Gasteiger partial charge is 0.276 e. The summed E-state index contributed by atoms with van der Waals surface area (Å²) in [6.45, 7) is 1.87. The number of anilines is 1. The molecule has 1 aliphatic rings. The number of ether oxygens (including phenoxy) is 2. The lowest BCUT2D eigenvalue weighted by Crippen LogP contribution is -2.12. The molecule has 1 amide bonds. The van der Waals surface area contributed by atoms with Crippen LogP contribution in [-0.4, -0.2) is 22.5 Å². The first kappa shape index (κ1) is 16.1. The van der Waals surface area contributed by atoms with Crippen LogP contribution < -0.4 is 14.8 Å². The molecule has 0 spiro atoms. The number of rotatable bonds is 3. The SMILES string of the molecule is Cc1cc(-c2cc(C(=O)Nc3ccc4c(c3)OCO4)nn2C)ccc1F. The van der Waals surface area contributed by atoms with Crippen molar-refractivity contribution in [3.63, 3.8) is 0 Å². The highest BCUT2D eigenvalue weighted by atomic mass is 19.1. The zero-order chi connectivity index (χ0) is 18.3. The molecule has 6 nitrogen and oxygen atoms in total. The highest BCUT2D eigenvalue weighted by Gasteiger charge is 2.17. The van der Waals surface area contributed by atoms with Crippen LogP contribution in [0.3, 0.4) is 0 Å². The molecular formula is C19H16FN3O3. The third-order valence-electron chi connectivity index (χ3n) is 4.20. The number of aromatic nitrogens is 2. The van der Waals surface area contributed by atoms with Crippen molar-refractivity contribution < 1.29 is 18.7 Å². The molecule has 2 aromatic carbocycles. The summed E-state index contributed by atoms with van der Waals surface area (Å²) in [7, 11) is 1.74. The van der Waals surface area contributed by atoms with E-state index in [1.807, 2.05) is 0 Å². The summed E-state index contributed by atoms with van der Waals surface area (Å²) < 4.78 is 25.6.